The summed E-state index contributed by atoms with van der Waals surface area (Å²) in [6.45, 7) is 15.4. The van der Waals surface area contributed by atoms with Crippen molar-refractivity contribution in [3.63, 3.8) is 0 Å². The van der Waals surface area contributed by atoms with Gasteiger partial charge in [0.05, 0.1) is 0 Å². The predicted molar refractivity (Wildman–Crippen MR) is 101 cm³/mol. The summed E-state index contributed by atoms with van der Waals surface area (Å²) in [6.07, 6.45) is 4.12. The molecule has 0 atom stereocenters. The van der Waals surface area contributed by atoms with Crippen molar-refractivity contribution in [1.82, 2.24) is 4.90 Å². The smallest absolute Gasteiger partial charge is 0.0370 e. The van der Waals surface area contributed by atoms with Crippen LogP contribution < -0.4 is 4.90 Å². The first-order chi connectivity index (χ1) is 11.0. The lowest BCUT2D eigenvalue weighted by Gasteiger charge is -2.36. The summed E-state index contributed by atoms with van der Waals surface area (Å²) < 4.78 is 0. The molecule has 3 rings (SSSR count). The zero-order valence-corrected chi connectivity index (χ0v) is 15.5. The molecule has 0 aromatic heterocycles. The van der Waals surface area contributed by atoms with E-state index in [0.717, 1.165) is 11.8 Å². The number of rotatable bonds is 6. The standard InChI is InChI=1S/C21H34N2/c1-16(2)9-10-22-11-13-23(14-12-22)19-7-8-20(17(3)4)21(15-19)18-5-6-18/h7-8,15-18H,5-6,9-14H2,1-4H3. The van der Waals surface area contributed by atoms with E-state index in [1.807, 2.05) is 0 Å². The van der Waals surface area contributed by atoms with Crippen LogP contribution in [-0.4, -0.2) is 37.6 Å². The van der Waals surface area contributed by atoms with Crippen molar-refractivity contribution in [2.45, 2.75) is 58.8 Å². The molecule has 2 fully saturated rings. The first-order valence-electron chi connectivity index (χ1n) is 9.65. The van der Waals surface area contributed by atoms with Crippen LogP contribution in [0.15, 0.2) is 18.2 Å². The Balaban J connectivity index is 1.63. The van der Waals surface area contributed by atoms with Crippen LogP contribution in [0.5, 0.6) is 0 Å². The number of hydrogen-bond donors (Lipinski definition) is 0. The SMILES string of the molecule is CC(C)CCN1CCN(c2ccc(C(C)C)c(C3CC3)c2)CC1. The van der Waals surface area contributed by atoms with E-state index >= 15 is 0 Å². The van der Waals surface area contributed by atoms with Crippen LogP contribution in [0.1, 0.15) is 69.9 Å². The van der Waals surface area contributed by atoms with E-state index in [1.54, 1.807) is 11.1 Å². The van der Waals surface area contributed by atoms with Crippen LogP contribution in [0.4, 0.5) is 5.69 Å². The van der Waals surface area contributed by atoms with Crippen molar-refractivity contribution in [2.75, 3.05) is 37.6 Å². The Bertz CT molecular complexity index is 509. The van der Waals surface area contributed by atoms with Crippen LogP contribution in [-0.2, 0) is 0 Å². The van der Waals surface area contributed by atoms with Crippen molar-refractivity contribution in [3.05, 3.63) is 29.3 Å². The maximum atomic E-state index is 2.64. The van der Waals surface area contributed by atoms with E-state index in [9.17, 15) is 0 Å². The largest absolute Gasteiger partial charge is 0.369 e. The van der Waals surface area contributed by atoms with Gasteiger partial charge in [-0.05, 0) is 66.8 Å². The molecule has 0 N–H and O–H groups in total. The van der Waals surface area contributed by atoms with Gasteiger partial charge in [-0.25, -0.2) is 0 Å². The van der Waals surface area contributed by atoms with Gasteiger partial charge in [-0.2, -0.15) is 0 Å². The van der Waals surface area contributed by atoms with Crippen molar-refractivity contribution in [1.29, 1.82) is 0 Å². The summed E-state index contributed by atoms with van der Waals surface area (Å²) in [7, 11) is 0. The second-order valence-electron chi connectivity index (χ2n) is 8.25. The second kappa shape index (κ2) is 7.25. The fourth-order valence-electron chi connectivity index (χ4n) is 3.70. The number of nitrogens with zero attached hydrogens (tertiary/aromatic N) is 2. The van der Waals surface area contributed by atoms with E-state index in [4.69, 9.17) is 0 Å². The molecule has 1 aromatic carbocycles. The Morgan fingerprint density at radius 3 is 2.26 bits per heavy atom. The van der Waals surface area contributed by atoms with Crippen LogP contribution in [0, 0.1) is 5.92 Å². The Morgan fingerprint density at radius 2 is 1.70 bits per heavy atom. The monoisotopic (exact) mass is 314 g/mol. The molecule has 1 aromatic rings. The Morgan fingerprint density at radius 1 is 1.00 bits per heavy atom. The van der Waals surface area contributed by atoms with Gasteiger partial charge < -0.3 is 4.90 Å². The highest BCUT2D eigenvalue weighted by Gasteiger charge is 2.28. The van der Waals surface area contributed by atoms with E-state index in [-0.39, 0.29) is 0 Å². The van der Waals surface area contributed by atoms with Crippen LogP contribution in [0.3, 0.4) is 0 Å². The lowest BCUT2D eigenvalue weighted by atomic mass is 9.93. The molecule has 128 valence electrons. The molecule has 0 unspecified atom stereocenters. The molecular weight excluding hydrogens is 280 g/mol. The van der Waals surface area contributed by atoms with E-state index < -0.39 is 0 Å². The quantitative estimate of drug-likeness (QED) is 0.740. The van der Waals surface area contributed by atoms with Gasteiger partial charge in [0.2, 0.25) is 0 Å². The molecule has 1 aliphatic carbocycles. The summed E-state index contributed by atoms with van der Waals surface area (Å²) in [5.74, 6) is 2.31. The minimum Gasteiger partial charge on any atom is -0.369 e. The van der Waals surface area contributed by atoms with E-state index in [2.05, 4.69) is 55.7 Å². The predicted octanol–water partition coefficient (Wildman–Crippen LogP) is 4.86. The van der Waals surface area contributed by atoms with Crippen LogP contribution in [0.2, 0.25) is 0 Å². The topological polar surface area (TPSA) is 6.48 Å². The summed E-state index contributed by atoms with van der Waals surface area (Å²) in [5.41, 5.74) is 4.67. The number of anilines is 1. The Hall–Kier alpha value is -1.02. The first-order valence-corrected chi connectivity index (χ1v) is 9.65. The summed E-state index contributed by atoms with van der Waals surface area (Å²) in [5, 5.41) is 0. The lowest BCUT2D eigenvalue weighted by Crippen LogP contribution is -2.46. The van der Waals surface area contributed by atoms with Gasteiger partial charge in [0.25, 0.3) is 0 Å². The summed E-state index contributed by atoms with van der Waals surface area (Å²) in [4.78, 5) is 5.24. The minimum atomic E-state index is 0.646. The molecule has 1 saturated heterocycles. The van der Waals surface area contributed by atoms with Crippen molar-refractivity contribution >= 4 is 5.69 Å². The van der Waals surface area contributed by atoms with Gasteiger partial charge in [0.15, 0.2) is 0 Å². The van der Waals surface area contributed by atoms with Crippen molar-refractivity contribution in [3.8, 4) is 0 Å². The van der Waals surface area contributed by atoms with Gasteiger partial charge in [-0.1, -0.05) is 33.8 Å². The van der Waals surface area contributed by atoms with Crippen molar-refractivity contribution in [2.24, 2.45) is 5.92 Å². The maximum Gasteiger partial charge on any atom is 0.0370 e. The van der Waals surface area contributed by atoms with Gasteiger partial charge in [-0.3, -0.25) is 4.90 Å². The Labute approximate surface area is 142 Å². The fraction of sp³-hybridized carbons (Fsp3) is 0.714. The molecule has 1 heterocycles. The highest BCUT2D eigenvalue weighted by Crippen LogP contribution is 2.44. The molecule has 0 radical (unpaired) electrons. The molecule has 2 heteroatoms. The van der Waals surface area contributed by atoms with Gasteiger partial charge in [0, 0.05) is 31.9 Å². The van der Waals surface area contributed by atoms with Gasteiger partial charge >= 0.3 is 0 Å². The molecule has 0 bridgehead atoms. The number of hydrogen-bond acceptors (Lipinski definition) is 2. The molecule has 2 aliphatic rings. The lowest BCUT2D eigenvalue weighted by molar-refractivity contribution is 0.243. The third-order valence-corrected chi connectivity index (χ3v) is 5.47. The van der Waals surface area contributed by atoms with Gasteiger partial charge in [0.1, 0.15) is 0 Å². The zero-order valence-electron chi connectivity index (χ0n) is 15.5. The number of piperazine rings is 1. The normalized spacial score (nSPS) is 19.8. The van der Waals surface area contributed by atoms with Crippen LogP contribution in [0.25, 0.3) is 0 Å². The highest BCUT2D eigenvalue weighted by atomic mass is 15.3. The molecule has 2 nitrogen and oxygen atoms in total. The fourth-order valence-corrected chi connectivity index (χ4v) is 3.70. The average molecular weight is 315 g/mol. The average Bonchev–Trinajstić information content (AvgIpc) is 3.37. The molecule has 1 aliphatic heterocycles. The zero-order chi connectivity index (χ0) is 16.4. The third kappa shape index (κ3) is 4.29. The molecule has 0 spiro atoms. The molecular formula is C21H34N2. The van der Waals surface area contributed by atoms with Crippen molar-refractivity contribution < 1.29 is 0 Å². The molecule has 0 amide bonds. The Kier molecular flexibility index (Phi) is 5.31. The second-order valence-corrected chi connectivity index (χ2v) is 8.25. The minimum absolute atomic E-state index is 0.646. The van der Waals surface area contributed by atoms with Crippen LogP contribution >= 0.6 is 0 Å². The van der Waals surface area contributed by atoms with E-state index in [0.29, 0.717) is 5.92 Å². The molecule has 23 heavy (non-hydrogen) atoms. The third-order valence-electron chi connectivity index (χ3n) is 5.47. The maximum absolute atomic E-state index is 2.64. The molecule has 1 saturated carbocycles. The van der Waals surface area contributed by atoms with Gasteiger partial charge in [-0.15, -0.1) is 0 Å². The van der Waals surface area contributed by atoms with E-state index in [1.165, 1.54) is 57.7 Å². The summed E-state index contributed by atoms with van der Waals surface area (Å²) in [6, 6.07) is 7.28. The highest BCUT2D eigenvalue weighted by molar-refractivity contribution is 5.53. The first kappa shape index (κ1) is 16.8. The number of benzene rings is 1. The summed E-state index contributed by atoms with van der Waals surface area (Å²) >= 11 is 0.